The number of amides is 1. The number of ether oxygens (including phenoxy) is 3. The Bertz CT molecular complexity index is 784. The van der Waals surface area contributed by atoms with Crippen molar-refractivity contribution in [2.45, 2.75) is 12.8 Å². The summed E-state index contributed by atoms with van der Waals surface area (Å²) in [6.07, 6.45) is 0.845. The topological polar surface area (TPSA) is 68.8 Å². The maximum atomic E-state index is 12.0. The van der Waals surface area contributed by atoms with Crippen molar-refractivity contribution >= 4 is 40.5 Å². The fourth-order valence-electron chi connectivity index (χ4n) is 2.20. The SMILES string of the molecule is COc1ccc(NC(=S)NC(=O)CCCOc2ccc(Cl)cc2)c(OC)c1. The number of hydrogen-bond donors (Lipinski definition) is 2. The Balaban J connectivity index is 1.73. The molecule has 0 aromatic heterocycles. The van der Waals surface area contributed by atoms with Gasteiger partial charge in [0.05, 0.1) is 26.5 Å². The molecule has 0 aliphatic carbocycles. The van der Waals surface area contributed by atoms with E-state index in [1.54, 1.807) is 56.7 Å². The summed E-state index contributed by atoms with van der Waals surface area (Å²) in [7, 11) is 3.12. The quantitative estimate of drug-likeness (QED) is 0.507. The molecule has 0 fully saturated rings. The van der Waals surface area contributed by atoms with Gasteiger partial charge >= 0.3 is 0 Å². The first-order valence-electron chi connectivity index (χ1n) is 8.23. The Morgan fingerprint density at radius 3 is 2.44 bits per heavy atom. The smallest absolute Gasteiger partial charge is 0.226 e. The van der Waals surface area contributed by atoms with Gasteiger partial charge in [-0.15, -0.1) is 0 Å². The highest BCUT2D eigenvalue weighted by Gasteiger charge is 2.09. The van der Waals surface area contributed by atoms with Crippen LogP contribution in [0.1, 0.15) is 12.8 Å². The van der Waals surface area contributed by atoms with Gasteiger partial charge in [-0.25, -0.2) is 0 Å². The number of thiocarbonyl (C=S) groups is 1. The molecule has 6 nitrogen and oxygen atoms in total. The van der Waals surface area contributed by atoms with Crippen molar-refractivity contribution in [3.8, 4) is 17.2 Å². The molecule has 27 heavy (non-hydrogen) atoms. The molecule has 0 unspecified atom stereocenters. The van der Waals surface area contributed by atoms with Crippen LogP contribution in [0.4, 0.5) is 5.69 Å². The van der Waals surface area contributed by atoms with Crippen LogP contribution in [0.25, 0.3) is 0 Å². The summed E-state index contributed by atoms with van der Waals surface area (Å²) in [5.74, 6) is 1.73. The predicted molar refractivity (Wildman–Crippen MR) is 110 cm³/mol. The fourth-order valence-corrected chi connectivity index (χ4v) is 2.55. The van der Waals surface area contributed by atoms with Gasteiger partial charge in [-0.2, -0.15) is 0 Å². The van der Waals surface area contributed by atoms with Gasteiger partial charge in [-0.3, -0.25) is 4.79 Å². The van der Waals surface area contributed by atoms with E-state index in [9.17, 15) is 4.79 Å². The summed E-state index contributed by atoms with van der Waals surface area (Å²) in [5.41, 5.74) is 0.634. The van der Waals surface area contributed by atoms with Crippen LogP contribution >= 0.6 is 23.8 Å². The molecule has 0 bridgehead atoms. The van der Waals surface area contributed by atoms with Crippen molar-refractivity contribution in [3.05, 3.63) is 47.5 Å². The van der Waals surface area contributed by atoms with Crippen LogP contribution in [0, 0.1) is 0 Å². The number of rotatable bonds is 8. The highest BCUT2D eigenvalue weighted by Crippen LogP contribution is 2.28. The summed E-state index contributed by atoms with van der Waals surface area (Å²) in [6.45, 7) is 0.418. The van der Waals surface area contributed by atoms with Crippen LogP contribution < -0.4 is 24.8 Å². The molecule has 0 heterocycles. The summed E-state index contributed by atoms with van der Waals surface area (Å²) in [6, 6.07) is 12.3. The van der Waals surface area contributed by atoms with Crippen molar-refractivity contribution < 1.29 is 19.0 Å². The molecule has 8 heteroatoms. The van der Waals surface area contributed by atoms with E-state index in [-0.39, 0.29) is 17.4 Å². The molecule has 2 aromatic rings. The minimum Gasteiger partial charge on any atom is -0.497 e. The average molecular weight is 409 g/mol. The summed E-state index contributed by atoms with van der Waals surface area (Å²) < 4.78 is 16.0. The van der Waals surface area contributed by atoms with Crippen LogP contribution in [0.2, 0.25) is 5.02 Å². The monoisotopic (exact) mass is 408 g/mol. The van der Waals surface area contributed by atoms with Gasteiger partial charge in [0.2, 0.25) is 5.91 Å². The molecule has 2 rings (SSSR count). The Kier molecular flexibility index (Phi) is 8.16. The maximum Gasteiger partial charge on any atom is 0.226 e. The number of anilines is 1. The van der Waals surface area contributed by atoms with Crippen molar-refractivity contribution in [3.63, 3.8) is 0 Å². The van der Waals surface area contributed by atoms with E-state index >= 15 is 0 Å². The third kappa shape index (κ3) is 6.96. The van der Waals surface area contributed by atoms with Gasteiger partial charge in [0.15, 0.2) is 5.11 Å². The third-order valence-electron chi connectivity index (χ3n) is 3.54. The number of nitrogens with one attached hydrogen (secondary N) is 2. The maximum absolute atomic E-state index is 12.0. The second kappa shape index (κ2) is 10.6. The van der Waals surface area contributed by atoms with E-state index in [2.05, 4.69) is 10.6 Å². The molecule has 0 saturated heterocycles. The Hall–Kier alpha value is -2.51. The van der Waals surface area contributed by atoms with E-state index in [1.807, 2.05) is 0 Å². The normalized spacial score (nSPS) is 10.0. The largest absolute Gasteiger partial charge is 0.497 e. The molecule has 1 amide bonds. The lowest BCUT2D eigenvalue weighted by Gasteiger charge is -2.13. The molecule has 2 aromatic carbocycles. The standard InChI is InChI=1S/C19H21ClN2O4S/c1-24-15-9-10-16(17(12-15)25-2)21-19(27)22-18(23)4-3-11-26-14-7-5-13(20)6-8-14/h5-10,12H,3-4,11H2,1-2H3,(H2,21,22,23,27). The van der Waals surface area contributed by atoms with Crippen molar-refractivity contribution in [1.29, 1.82) is 0 Å². The van der Waals surface area contributed by atoms with E-state index < -0.39 is 0 Å². The summed E-state index contributed by atoms with van der Waals surface area (Å²) >= 11 is 11.0. The molecule has 0 radical (unpaired) electrons. The number of benzene rings is 2. The zero-order valence-corrected chi connectivity index (χ0v) is 16.7. The first kappa shape index (κ1) is 20.8. The first-order valence-corrected chi connectivity index (χ1v) is 9.01. The van der Waals surface area contributed by atoms with Gasteiger partial charge in [-0.1, -0.05) is 11.6 Å². The van der Waals surface area contributed by atoms with Crippen LogP contribution in [0.5, 0.6) is 17.2 Å². The highest BCUT2D eigenvalue weighted by atomic mass is 35.5. The fraction of sp³-hybridized carbons (Fsp3) is 0.263. The van der Waals surface area contributed by atoms with E-state index in [4.69, 9.17) is 38.0 Å². The minimum atomic E-state index is -0.195. The van der Waals surface area contributed by atoms with Crippen molar-refractivity contribution in [1.82, 2.24) is 5.32 Å². The molecule has 0 aliphatic heterocycles. The van der Waals surface area contributed by atoms with Gasteiger partial charge < -0.3 is 24.8 Å². The van der Waals surface area contributed by atoms with Crippen LogP contribution in [-0.2, 0) is 4.79 Å². The number of methoxy groups -OCH3 is 2. The Morgan fingerprint density at radius 2 is 1.78 bits per heavy atom. The van der Waals surface area contributed by atoms with Gasteiger partial charge in [0, 0.05) is 17.5 Å². The van der Waals surface area contributed by atoms with Crippen LogP contribution in [0.15, 0.2) is 42.5 Å². The number of carbonyl (C=O) groups is 1. The lowest BCUT2D eigenvalue weighted by atomic mass is 10.2. The van der Waals surface area contributed by atoms with Crippen LogP contribution in [-0.4, -0.2) is 31.8 Å². The van der Waals surface area contributed by atoms with Crippen molar-refractivity contribution in [2.75, 3.05) is 26.1 Å². The molecule has 0 saturated carbocycles. The second-order valence-electron chi connectivity index (χ2n) is 5.47. The summed E-state index contributed by atoms with van der Waals surface area (Å²) in [4.78, 5) is 12.0. The Labute approximate surface area is 168 Å². The predicted octanol–water partition coefficient (Wildman–Crippen LogP) is 4.03. The van der Waals surface area contributed by atoms with Gasteiger partial charge in [0.25, 0.3) is 0 Å². The highest BCUT2D eigenvalue weighted by molar-refractivity contribution is 7.80. The van der Waals surface area contributed by atoms with Gasteiger partial charge in [0.1, 0.15) is 17.2 Å². The molecule has 2 N–H and O–H groups in total. The Morgan fingerprint density at radius 1 is 1.07 bits per heavy atom. The molecular weight excluding hydrogens is 388 g/mol. The van der Waals surface area contributed by atoms with Gasteiger partial charge in [-0.05, 0) is 55.0 Å². The third-order valence-corrected chi connectivity index (χ3v) is 4.00. The number of halogens is 1. The molecule has 144 valence electrons. The molecule has 0 atom stereocenters. The molecular formula is C19H21ClN2O4S. The van der Waals surface area contributed by atoms with Crippen LogP contribution in [0.3, 0.4) is 0 Å². The van der Waals surface area contributed by atoms with E-state index in [0.29, 0.717) is 41.0 Å². The second-order valence-corrected chi connectivity index (χ2v) is 6.32. The summed E-state index contributed by atoms with van der Waals surface area (Å²) in [5, 5.41) is 6.42. The minimum absolute atomic E-state index is 0.195. The average Bonchev–Trinajstić information content (AvgIpc) is 2.66. The van der Waals surface area contributed by atoms with E-state index in [1.165, 1.54) is 0 Å². The zero-order chi connectivity index (χ0) is 19.6. The molecule has 0 aliphatic rings. The lowest BCUT2D eigenvalue weighted by Crippen LogP contribution is -2.34. The van der Waals surface area contributed by atoms with Crippen molar-refractivity contribution in [2.24, 2.45) is 0 Å². The molecule has 0 spiro atoms. The zero-order valence-electron chi connectivity index (χ0n) is 15.1. The number of carbonyl (C=O) groups excluding carboxylic acids is 1. The lowest BCUT2D eigenvalue weighted by molar-refractivity contribution is -0.119. The van der Waals surface area contributed by atoms with E-state index in [0.717, 1.165) is 0 Å². The number of hydrogen-bond acceptors (Lipinski definition) is 5. The first-order chi connectivity index (χ1) is 13.0.